The van der Waals surface area contributed by atoms with Gasteiger partial charge in [-0.15, -0.1) is 0 Å². The number of amides is 2. The fraction of sp³-hybridized carbons (Fsp3) is 0.280. The number of aromatic nitrogens is 5. The molecule has 0 radical (unpaired) electrons. The van der Waals surface area contributed by atoms with E-state index in [1.165, 1.54) is 23.9 Å². The highest BCUT2D eigenvalue weighted by atomic mass is 19.1. The molecule has 1 aromatic carbocycles. The number of rotatable bonds is 7. The molecule has 38 heavy (non-hydrogen) atoms. The number of ether oxygens (including phenoxy) is 2. The molecule has 2 aliphatic rings. The number of benzene rings is 1. The van der Waals surface area contributed by atoms with Gasteiger partial charge in [-0.05, 0) is 12.1 Å². The molecule has 6 rings (SSSR count). The lowest BCUT2D eigenvalue weighted by molar-refractivity contribution is -0.136. The van der Waals surface area contributed by atoms with E-state index in [9.17, 15) is 18.4 Å². The predicted molar refractivity (Wildman–Crippen MR) is 129 cm³/mol. The van der Waals surface area contributed by atoms with Gasteiger partial charge in [0.2, 0.25) is 17.7 Å². The van der Waals surface area contributed by atoms with Crippen LogP contribution in [-0.2, 0) is 26.3 Å². The highest BCUT2D eigenvalue weighted by Crippen LogP contribution is 2.48. The largest absolute Gasteiger partial charge is 0.477 e. The van der Waals surface area contributed by atoms with Gasteiger partial charge in [0.1, 0.15) is 23.1 Å². The zero-order valence-corrected chi connectivity index (χ0v) is 20.1. The number of hydrogen-bond acceptors (Lipinski definition) is 8. The first-order chi connectivity index (χ1) is 18.4. The van der Waals surface area contributed by atoms with E-state index in [2.05, 4.69) is 30.7 Å². The summed E-state index contributed by atoms with van der Waals surface area (Å²) in [5.74, 6) is -1.88. The number of carbonyl (C=O) groups excluding carboxylic acids is 2. The Hall–Kier alpha value is -4.52. The average Bonchev–Trinajstić information content (AvgIpc) is 3.41. The van der Waals surface area contributed by atoms with Gasteiger partial charge >= 0.3 is 0 Å². The molecule has 2 N–H and O–H groups in total. The maximum absolute atomic E-state index is 14.4. The molecule has 0 saturated carbocycles. The summed E-state index contributed by atoms with van der Waals surface area (Å²) in [6.45, 7) is 0.589. The van der Waals surface area contributed by atoms with E-state index in [0.717, 1.165) is 6.20 Å². The van der Waals surface area contributed by atoms with Crippen LogP contribution >= 0.6 is 0 Å². The Balaban J connectivity index is 1.46. The fourth-order valence-electron chi connectivity index (χ4n) is 4.84. The van der Waals surface area contributed by atoms with Crippen LogP contribution in [0.4, 0.5) is 14.6 Å². The molecule has 3 aromatic heterocycles. The van der Waals surface area contributed by atoms with E-state index in [-0.39, 0.29) is 66.9 Å². The standard InChI is InChI=1S/C25H21F2N7O4/c1-37-9-7-28-23(35)25-6-8-38-22-17(25)19(32-24(25)36)30-20(31-22)18-15-10-14(26)11-29-21(15)34(33-18)12-13-4-2-3-5-16(13)27/h2-5,10-11H,6-9,12H2,1H3,(H,28,35)(H,30,31,32,36)/t25-/m0/s1. The van der Waals surface area contributed by atoms with Gasteiger partial charge < -0.3 is 20.1 Å². The second-order valence-corrected chi connectivity index (χ2v) is 8.90. The van der Waals surface area contributed by atoms with Gasteiger partial charge in [-0.2, -0.15) is 10.1 Å². The molecule has 4 aromatic rings. The van der Waals surface area contributed by atoms with Crippen molar-refractivity contribution in [1.82, 2.24) is 30.0 Å². The minimum Gasteiger partial charge on any atom is -0.477 e. The number of methoxy groups -OCH3 is 1. The molecule has 0 saturated heterocycles. The van der Waals surface area contributed by atoms with Crippen LogP contribution in [0.2, 0.25) is 0 Å². The summed E-state index contributed by atoms with van der Waals surface area (Å²) in [4.78, 5) is 39.4. The van der Waals surface area contributed by atoms with Crippen molar-refractivity contribution >= 4 is 28.7 Å². The van der Waals surface area contributed by atoms with Crippen molar-refractivity contribution in [3.63, 3.8) is 0 Å². The van der Waals surface area contributed by atoms with Crippen molar-refractivity contribution in [2.75, 3.05) is 32.2 Å². The Labute approximate surface area is 214 Å². The van der Waals surface area contributed by atoms with Gasteiger partial charge in [0.25, 0.3) is 0 Å². The smallest absolute Gasteiger partial charge is 0.246 e. The molecular formula is C25H21F2N7O4. The molecular weight excluding hydrogens is 500 g/mol. The monoisotopic (exact) mass is 521 g/mol. The molecule has 1 atom stereocenters. The number of anilines is 1. The molecule has 0 bridgehead atoms. The molecule has 0 unspecified atom stereocenters. The summed E-state index contributed by atoms with van der Waals surface area (Å²) in [7, 11) is 1.51. The first-order valence-corrected chi connectivity index (χ1v) is 11.8. The summed E-state index contributed by atoms with van der Waals surface area (Å²) >= 11 is 0. The quantitative estimate of drug-likeness (QED) is 0.279. The number of fused-ring (bicyclic) bond motifs is 1. The van der Waals surface area contributed by atoms with Crippen molar-refractivity contribution < 1.29 is 27.8 Å². The average molecular weight is 521 g/mol. The Morgan fingerprint density at radius 2 is 2.13 bits per heavy atom. The van der Waals surface area contributed by atoms with Crippen LogP contribution < -0.4 is 15.4 Å². The molecule has 2 amide bonds. The molecule has 0 spiro atoms. The van der Waals surface area contributed by atoms with Crippen LogP contribution in [0.5, 0.6) is 5.88 Å². The second-order valence-electron chi connectivity index (χ2n) is 8.90. The number of nitrogens with zero attached hydrogens (tertiary/aromatic N) is 5. The van der Waals surface area contributed by atoms with Gasteiger partial charge in [-0.25, -0.2) is 23.4 Å². The fourth-order valence-corrected chi connectivity index (χ4v) is 4.84. The Bertz CT molecular complexity index is 1610. The van der Waals surface area contributed by atoms with Crippen LogP contribution in [-0.4, -0.2) is 63.4 Å². The van der Waals surface area contributed by atoms with Crippen molar-refractivity contribution in [2.45, 2.75) is 18.4 Å². The summed E-state index contributed by atoms with van der Waals surface area (Å²) in [5, 5.41) is 10.2. The summed E-state index contributed by atoms with van der Waals surface area (Å²) in [5.41, 5.74) is -0.493. The van der Waals surface area contributed by atoms with Gasteiger partial charge in [-0.3, -0.25) is 9.59 Å². The molecule has 11 nitrogen and oxygen atoms in total. The van der Waals surface area contributed by atoms with Gasteiger partial charge in [0.15, 0.2) is 16.9 Å². The van der Waals surface area contributed by atoms with E-state index >= 15 is 0 Å². The minimum atomic E-state index is -1.55. The van der Waals surface area contributed by atoms with E-state index in [1.807, 2.05) is 0 Å². The normalized spacial score (nSPS) is 17.7. The number of carbonyl (C=O) groups is 2. The summed E-state index contributed by atoms with van der Waals surface area (Å²) < 4.78 is 40.8. The summed E-state index contributed by atoms with van der Waals surface area (Å²) in [6, 6.07) is 7.46. The highest BCUT2D eigenvalue weighted by Gasteiger charge is 2.58. The second kappa shape index (κ2) is 9.10. The first-order valence-electron chi connectivity index (χ1n) is 11.8. The lowest BCUT2D eigenvalue weighted by atomic mass is 9.77. The molecule has 2 aliphatic heterocycles. The van der Waals surface area contributed by atoms with Gasteiger partial charge in [0.05, 0.1) is 36.9 Å². The number of halogens is 2. The molecule has 0 aliphatic carbocycles. The lowest BCUT2D eigenvalue weighted by Gasteiger charge is -2.30. The zero-order valence-electron chi connectivity index (χ0n) is 20.1. The summed E-state index contributed by atoms with van der Waals surface area (Å²) in [6.07, 6.45) is 1.15. The van der Waals surface area contributed by atoms with Crippen molar-refractivity contribution in [2.24, 2.45) is 0 Å². The Morgan fingerprint density at radius 1 is 1.29 bits per heavy atom. The van der Waals surface area contributed by atoms with Gasteiger partial charge in [-0.1, -0.05) is 18.2 Å². The topological polar surface area (TPSA) is 133 Å². The Morgan fingerprint density at radius 3 is 2.95 bits per heavy atom. The zero-order chi connectivity index (χ0) is 26.4. The van der Waals surface area contributed by atoms with Crippen molar-refractivity contribution in [3.05, 3.63) is 59.3 Å². The van der Waals surface area contributed by atoms with Crippen LogP contribution in [0.15, 0.2) is 36.5 Å². The van der Waals surface area contributed by atoms with Gasteiger partial charge in [0, 0.05) is 25.6 Å². The lowest BCUT2D eigenvalue weighted by Crippen LogP contribution is -2.52. The number of nitrogens with one attached hydrogen (secondary N) is 2. The highest BCUT2D eigenvalue weighted by molar-refractivity contribution is 6.21. The van der Waals surface area contributed by atoms with Crippen LogP contribution in [0.25, 0.3) is 22.6 Å². The molecule has 194 valence electrons. The van der Waals surface area contributed by atoms with E-state index < -0.39 is 28.9 Å². The number of hydrogen-bond donors (Lipinski definition) is 2. The minimum absolute atomic E-state index is 0.0254. The first kappa shape index (κ1) is 23.9. The van der Waals surface area contributed by atoms with Crippen LogP contribution in [0, 0.1) is 11.6 Å². The molecule has 13 heteroatoms. The van der Waals surface area contributed by atoms with E-state index in [4.69, 9.17) is 9.47 Å². The van der Waals surface area contributed by atoms with E-state index in [1.54, 1.807) is 18.2 Å². The third-order valence-electron chi connectivity index (χ3n) is 6.66. The van der Waals surface area contributed by atoms with Crippen LogP contribution in [0.3, 0.4) is 0 Å². The molecule has 0 fully saturated rings. The van der Waals surface area contributed by atoms with E-state index in [0.29, 0.717) is 11.2 Å². The van der Waals surface area contributed by atoms with Crippen molar-refractivity contribution in [1.29, 1.82) is 0 Å². The third-order valence-corrected chi connectivity index (χ3v) is 6.66. The molecule has 5 heterocycles. The third kappa shape index (κ3) is 3.65. The van der Waals surface area contributed by atoms with Crippen molar-refractivity contribution in [3.8, 4) is 17.4 Å². The maximum Gasteiger partial charge on any atom is 0.246 e. The predicted octanol–water partition coefficient (Wildman–Crippen LogP) is 1.95. The SMILES string of the molecule is COCCNC(=O)[C@]12CCOc3nc(-c4nn(Cc5ccccc5F)c5ncc(F)cc45)nc(c31)NC2=O. The van der Waals surface area contributed by atoms with Crippen LogP contribution in [0.1, 0.15) is 17.5 Å². The Kier molecular flexibility index (Phi) is 5.71. The number of pyridine rings is 1. The maximum atomic E-state index is 14.4.